The van der Waals surface area contributed by atoms with Crippen LogP contribution in [-0.4, -0.2) is 9.97 Å². The minimum Gasteiger partial charge on any atom is -0.455 e. The third-order valence-electron chi connectivity index (χ3n) is 11.6. The predicted molar refractivity (Wildman–Crippen MR) is 236 cm³/mol. The van der Waals surface area contributed by atoms with E-state index in [0.717, 1.165) is 71.9 Å². The SMILES string of the molecule is c1ccc(-c2cccc(-c3nc(-c4ccccc4)cc(-c4ccc(-c5cccc6c5-c5cccc7c5c-6cc5c6ccccc6oc75)c5ccccc45)n3)c2)cc1. The highest BCUT2D eigenvalue weighted by molar-refractivity contribution is 6.27. The van der Waals surface area contributed by atoms with Gasteiger partial charge in [0.1, 0.15) is 11.2 Å². The zero-order valence-electron chi connectivity index (χ0n) is 30.8. The molecule has 57 heavy (non-hydrogen) atoms. The molecular weight excluding hydrogens is 693 g/mol. The molecule has 0 atom stereocenters. The lowest BCUT2D eigenvalue weighted by Gasteiger charge is -2.16. The Balaban J connectivity index is 1.05. The zero-order valence-corrected chi connectivity index (χ0v) is 30.8. The second kappa shape index (κ2) is 12.5. The van der Waals surface area contributed by atoms with E-state index in [0.29, 0.717) is 5.82 Å². The zero-order chi connectivity index (χ0) is 37.5. The summed E-state index contributed by atoms with van der Waals surface area (Å²) in [7, 11) is 0. The summed E-state index contributed by atoms with van der Waals surface area (Å²) >= 11 is 0. The van der Waals surface area contributed by atoms with Gasteiger partial charge in [-0.3, -0.25) is 0 Å². The summed E-state index contributed by atoms with van der Waals surface area (Å²) in [5, 5.41) is 7.04. The second-order valence-electron chi connectivity index (χ2n) is 14.8. The molecule has 0 aliphatic heterocycles. The summed E-state index contributed by atoms with van der Waals surface area (Å²) in [6.45, 7) is 0. The average Bonchev–Trinajstić information content (AvgIpc) is 3.83. The minimum atomic E-state index is 0.697. The van der Waals surface area contributed by atoms with E-state index in [9.17, 15) is 0 Å². The standard InChI is InChI=1S/C54H32N2O/c1-3-14-33(15-4-1)35-18-11-19-36(30-35)54-55-48(34-16-5-2-6-17-34)32-49(56-54)40-29-28-39(37-20-7-8-21-38(37)40)42-23-12-24-43-46-31-47-41-22-9-10-27-50(41)57-53(47)45-26-13-25-44(51(42)43)52(45)46/h1-32H. The Morgan fingerprint density at radius 2 is 0.895 bits per heavy atom. The first-order chi connectivity index (χ1) is 28.3. The molecule has 0 radical (unpaired) electrons. The van der Waals surface area contributed by atoms with E-state index in [4.69, 9.17) is 14.4 Å². The van der Waals surface area contributed by atoms with E-state index in [1.807, 2.05) is 18.2 Å². The van der Waals surface area contributed by atoms with Gasteiger partial charge in [0.15, 0.2) is 5.82 Å². The average molecular weight is 725 g/mol. The maximum atomic E-state index is 6.52. The van der Waals surface area contributed by atoms with E-state index in [-0.39, 0.29) is 0 Å². The van der Waals surface area contributed by atoms with Crippen LogP contribution in [-0.2, 0) is 0 Å². The first kappa shape index (κ1) is 31.7. The summed E-state index contributed by atoms with van der Waals surface area (Å²) in [5.41, 5.74) is 16.5. The lowest BCUT2D eigenvalue weighted by atomic mass is 9.88. The van der Waals surface area contributed by atoms with Gasteiger partial charge in [-0.25, -0.2) is 9.97 Å². The van der Waals surface area contributed by atoms with Gasteiger partial charge in [0.25, 0.3) is 0 Å². The monoisotopic (exact) mass is 724 g/mol. The van der Waals surface area contributed by atoms with Crippen molar-refractivity contribution in [3.05, 3.63) is 194 Å². The van der Waals surface area contributed by atoms with Gasteiger partial charge in [-0.1, -0.05) is 170 Å². The number of furan rings is 1. The van der Waals surface area contributed by atoms with Crippen LogP contribution in [0.15, 0.2) is 199 Å². The molecule has 0 unspecified atom stereocenters. The fourth-order valence-electron chi connectivity index (χ4n) is 9.07. The fourth-order valence-corrected chi connectivity index (χ4v) is 9.07. The van der Waals surface area contributed by atoms with Crippen LogP contribution in [0.1, 0.15) is 0 Å². The van der Waals surface area contributed by atoms with Gasteiger partial charge in [-0.05, 0) is 79.5 Å². The Bertz CT molecular complexity index is 3400. The summed E-state index contributed by atoms with van der Waals surface area (Å²) < 4.78 is 6.52. The van der Waals surface area contributed by atoms with Crippen molar-refractivity contribution in [3.63, 3.8) is 0 Å². The first-order valence-corrected chi connectivity index (χ1v) is 19.4. The van der Waals surface area contributed by atoms with Crippen LogP contribution in [0.4, 0.5) is 0 Å². The largest absolute Gasteiger partial charge is 0.455 e. The highest BCUT2D eigenvalue weighted by Gasteiger charge is 2.28. The number of para-hydroxylation sites is 1. The van der Waals surface area contributed by atoms with Crippen molar-refractivity contribution >= 4 is 43.5 Å². The number of aromatic nitrogens is 2. The Morgan fingerprint density at radius 3 is 1.72 bits per heavy atom. The van der Waals surface area contributed by atoms with Gasteiger partial charge < -0.3 is 4.42 Å². The Hall–Kier alpha value is -7.62. The van der Waals surface area contributed by atoms with Crippen molar-refractivity contribution in [2.75, 3.05) is 0 Å². The number of hydrogen-bond acceptors (Lipinski definition) is 3. The van der Waals surface area contributed by atoms with Crippen LogP contribution >= 0.6 is 0 Å². The Labute approximate surface area is 329 Å². The molecular formula is C54H32N2O. The molecule has 11 aromatic rings. The number of hydrogen-bond donors (Lipinski definition) is 0. The van der Waals surface area contributed by atoms with Crippen LogP contribution in [0.5, 0.6) is 0 Å². The molecule has 3 heteroatoms. The highest BCUT2D eigenvalue weighted by atomic mass is 16.3. The van der Waals surface area contributed by atoms with Gasteiger partial charge in [0.05, 0.1) is 11.4 Å². The van der Waals surface area contributed by atoms with E-state index < -0.39 is 0 Å². The van der Waals surface area contributed by atoms with E-state index in [2.05, 4.69) is 176 Å². The predicted octanol–water partition coefficient (Wildman–Crippen LogP) is 14.7. The molecule has 0 N–H and O–H groups in total. The van der Waals surface area contributed by atoms with Gasteiger partial charge in [0, 0.05) is 38.2 Å². The molecule has 2 heterocycles. The summed E-state index contributed by atoms with van der Waals surface area (Å²) in [6.07, 6.45) is 0. The van der Waals surface area contributed by atoms with Crippen LogP contribution in [0.25, 0.3) is 122 Å². The lowest BCUT2D eigenvalue weighted by molar-refractivity contribution is 0.672. The molecule has 0 amide bonds. The van der Waals surface area contributed by atoms with Gasteiger partial charge in [-0.2, -0.15) is 0 Å². The Kier molecular flexibility index (Phi) is 6.93. The molecule has 3 nitrogen and oxygen atoms in total. The molecule has 1 aliphatic rings. The van der Waals surface area contributed by atoms with Crippen molar-refractivity contribution in [1.29, 1.82) is 0 Å². The maximum absolute atomic E-state index is 6.52. The van der Waals surface area contributed by atoms with Crippen LogP contribution in [0.2, 0.25) is 0 Å². The molecule has 2 aromatic heterocycles. The molecule has 0 fully saturated rings. The van der Waals surface area contributed by atoms with Crippen molar-refractivity contribution in [2.24, 2.45) is 0 Å². The maximum Gasteiger partial charge on any atom is 0.160 e. The van der Waals surface area contributed by atoms with Crippen molar-refractivity contribution in [3.8, 4) is 78.4 Å². The number of rotatable bonds is 5. The summed E-state index contributed by atoms with van der Waals surface area (Å²) in [4.78, 5) is 10.5. The quantitative estimate of drug-likeness (QED) is 0.177. The molecule has 0 spiro atoms. The van der Waals surface area contributed by atoms with E-state index in [1.165, 1.54) is 44.2 Å². The van der Waals surface area contributed by atoms with E-state index in [1.54, 1.807) is 0 Å². The fraction of sp³-hybridized carbons (Fsp3) is 0. The van der Waals surface area contributed by atoms with E-state index >= 15 is 0 Å². The molecule has 1 aliphatic carbocycles. The van der Waals surface area contributed by atoms with Crippen LogP contribution in [0.3, 0.4) is 0 Å². The van der Waals surface area contributed by atoms with Gasteiger partial charge in [0.2, 0.25) is 0 Å². The van der Waals surface area contributed by atoms with Crippen molar-refractivity contribution in [2.45, 2.75) is 0 Å². The van der Waals surface area contributed by atoms with Crippen molar-refractivity contribution in [1.82, 2.24) is 9.97 Å². The van der Waals surface area contributed by atoms with Crippen LogP contribution in [0, 0.1) is 0 Å². The molecule has 9 aromatic carbocycles. The smallest absolute Gasteiger partial charge is 0.160 e. The summed E-state index contributed by atoms with van der Waals surface area (Å²) in [5.74, 6) is 0.697. The Morgan fingerprint density at radius 1 is 0.316 bits per heavy atom. The molecule has 0 saturated heterocycles. The topological polar surface area (TPSA) is 38.9 Å². The van der Waals surface area contributed by atoms with Crippen LogP contribution < -0.4 is 0 Å². The van der Waals surface area contributed by atoms with Gasteiger partial charge in [-0.15, -0.1) is 0 Å². The molecule has 264 valence electrons. The third kappa shape index (κ3) is 4.92. The molecule has 12 rings (SSSR count). The van der Waals surface area contributed by atoms with Crippen molar-refractivity contribution < 1.29 is 4.42 Å². The highest BCUT2D eigenvalue weighted by Crippen LogP contribution is 2.54. The van der Waals surface area contributed by atoms with Gasteiger partial charge >= 0.3 is 0 Å². The first-order valence-electron chi connectivity index (χ1n) is 19.4. The molecule has 0 bridgehead atoms. The number of benzene rings is 9. The lowest BCUT2D eigenvalue weighted by Crippen LogP contribution is -1.97. The molecule has 0 saturated carbocycles. The third-order valence-corrected chi connectivity index (χ3v) is 11.6. The minimum absolute atomic E-state index is 0.697. The normalized spacial score (nSPS) is 11.9. The second-order valence-corrected chi connectivity index (χ2v) is 14.8. The number of nitrogens with zero attached hydrogens (tertiary/aromatic N) is 2. The number of fused-ring (bicyclic) bond motifs is 8. The summed E-state index contributed by atoms with van der Waals surface area (Å²) in [6, 6.07) is 68.9.